The van der Waals surface area contributed by atoms with Crippen LogP contribution in [0.1, 0.15) is 21.6 Å². The lowest BCUT2D eigenvalue weighted by Crippen LogP contribution is -2.14. The highest BCUT2D eigenvalue weighted by Crippen LogP contribution is 2.35. The van der Waals surface area contributed by atoms with Crippen LogP contribution < -0.4 is 10.6 Å². The summed E-state index contributed by atoms with van der Waals surface area (Å²) in [5.74, 6) is 0.207. The third-order valence-corrected chi connectivity index (χ3v) is 5.26. The van der Waals surface area contributed by atoms with Crippen LogP contribution in [0.4, 0.5) is 15.9 Å². The maximum atomic E-state index is 13.6. The molecule has 4 heterocycles. The number of pyridine rings is 2. The second-order valence-corrected chi connectivity index (χ2v) is 7.79. The third-order valence-electron chi connectivity index (χ3n) is 5.26. The number of nitrogens with one attached hydrogen (secondary N) is 2. The van der Waals surface area contributed by atoms with Crippen molar-refractivity contribution in [3.8, 4) is 11.3 Å². The summed E-state index contributed by atoms with van der Waals surface area (Å²) in [6.07, 6.45) is 3.35. The number of aromatic nitrogens is 3. The van der Waals surface area contributed by atoms with Crippen molar-refractivity contribution >= 4 is 23.1 Å². The molecule has 0 spiro atoms. The molecule has 0 saturated carbocycles. The maximum absolute atomic E-state index is 13.6. The van der Waals surface area contributed by atoms with E-state index < -0.39 is 0 Å². The van der Waals surface area contributed by atoms with E-state index in [1.54, 1.807) is 12.4 Å². The largest absolute Gasteiger partial charge is 0.348 e. The van der Waals surface area contributed by atoms with E-state index in [0.29, 0.717) is 29.3 Å². The van der Waals surface area contributed by atoms with Gasteiger partial charge in [-0.3, -0.25) is 9.20 Å². The predicted octanol–water partition coefficient (Wildman–Crippen LogP) is 3.58. The Labute approximate surface area is 178 Å². The normalized spacial score (nSPS) is 13.0. The molecule has 8 heteroatoms. The number of anilines is 2. The summed E-state index contributed by atoms with van der Waals surface area (Å²) in [6, 6.07) is 12.4. The first-order chi connectivity index (χ1) is 15.0. The summed E-state index contributed by atoms with van der Waals surface area (Å²) in [7, 11) is 3.98. The average molecular weight is 416 g/mol. The van der Waals surface area contributed by atoms with E-state index in [9.17, 15) is 9.18 Å². The molecular formula is C23H21FN6O. The lowest BCUT2D eigenvalue weighted by atomic mass is 9.99. The number of imidazole rings is 1. The Morgan fingerprint density at radius 3 is 2.94 bits per heavy atom. The standard InChI is InChI=1S/C23H21FN6O/c1-29(2)13-15-4-3-5-20(27-15)28-18-7-6-16(17-11-26-23(31)22(17)18)19-12-25-21-10-14(24)8-9-30(19)21/h3-10,12H,11,13H2,1-2H3,(H,26,31)(H,27,28). The fourth-order valence-corrected chi connectivity index (χ4v) is 3.95. The van der Waals surface area contributed by atoms with Crippen molar-refractivity contribution in [2.75, 3.05) is 19.4 Å². The van der Waals surface area contributed by atoms with Crippen LogP contribution in [0.3, 0.4) is 0 Å². The van der Waals surface area contributed by atoms with Crippen LogP contribution in [0.5, 0.6) is 0 Å². The van der Waals surface area contributed by atoms with Crippen molar-refractivity contribution in [2.24, 2.45) is 0 Å². The van der Waals surface area contributed by atoms with Crippen molar-refractivity contribution in [1.82, 2.24) is 24.6 Å². The number of rotatable bonds is 5. The fraction of sp³-hybridized carbons (Fsp3) is 0.174. The van der Waals surface area contributed by atoms with E-state index in [2.05, 4.69) is 20.6 Å². The molecule has 1 aromatic carbocycles. The first-order valence-electron chi connectivity index (χ1n) is 9.94. The molecule has 1 aliphatic heterocycles. The monoisotopic (exact) mass is 416 g/mol. The van der Waals surface area contributed by atoms with E-state index in [-0.39, 0.29) is 11.7 Å². The van der Waals surface area contributed by atoms with Gasteiger partial charge >= 0.3 is 0 Å². The number of nitrogens with zero attached hydrogens (tertiary/aromatic N) is 4. The van der Waals surface area contributed by atoms with Gasteiger partial charge < -0.3 is 15.5 Å². The predicted molar refractivity (Wildman–Crippen MR) is 117 cm³/mol. The first kappa shape index (κ1) is 19.2. The Morgan fingerprint density at radius 1 is 1.23 bits per heavy atom. The molecule has 4 aromatic rings. The Bertz CT molecular complexity index is 1310. The lowest BCUT2D eigenvalue weighted by molar-refractivity contribution is 0.0966. The molecule has 31 heavy (non-hydrogen) atoms. The number of carbonyl (C=O) groups is 1. The van der Waals surface area contributed by atoms with Gasteiger partial charge in [0.1, 0.15) is 17.3 Å². The number of carbonyl (C=O) groups excluding carboxylic acids is 1. The zero-order valence-electron chi connectivity index (χ0n) is 17.2. The minimum atomic E-state index is -0.338. The van der Waals surface area contributed by atoms with Gasteiger partial charge in [-0.2, -0.15) is 0 Å². The van der Waals surface area contributed by atoms with Gasteiger partial charge in [-0.05, 0) is 43.9 Å². The smallest absolute Gasteiger partial charge is 0.254 e. The Kier molecular flexibility index (Phi) is 4.63. The summed E-state index contributed by atoms with van der Waals surface area (Å²) in [5.41, 5.74) is 5.31. The number of halogens is 1. The van der Waals surface area contributed by atoms with Gasteiger partial charge in [0, 0.05) is 30.9 Å². The topological polar surface area (TPSA) is 74.6 Å². The third kappa shape index (κ3) is 3.51. The molecule has 0 radical (unpaired) electrons. The van der Waals surface area contributed by atoms with Crippen molar-refractivity contribution in [1.29, 1.82) is 0 Å². The van der Waals surface area contributed by atoms with Crippen LogP contribution in [-0.4, -0.2) is 39.3 Å². The highest BCUT2D eigenvalue weighted by Gasteiger charge is 2.27. The summed E-state index contributed by atoms with van der Waals surface area (Å²) < 4.78 is 15.4. The molecule has 0 aliphatic carbocycles. The maximum Gasteiger partial charge on any atom is 0.254 e. The van der Waals surface area contributed by atoms with Gasteiger partial charge in [-0.15, -0.1) is 0 Å². The second kappa shape index (κ2) is 7.48. The lowest BCUT2D eigenvalue weighted by Gasteiger charge is -2.14. The number of hydrogen-bond acceptors (Lipinski definition) is 5. The molecule has 0 unspecified atom stereocenters. The fourth-order valence-electron chi connectivity index (χ4n) is 3.95. The minimum absolute atomic E-state index is 0.135. The molecule has 2 N–H and O–H groups in total. The second-order valence-electron chi connectivity index (χ2n) is 7.79. The van der Waals surface area contributed by atoms with Gasteiger partial charge in [0.15, 0.2) is 0 Å². The van der Waals surface area contributed by atoms with Crippen LogP contribution in [0.2, 0.25) is 0 Å². The molecule has 1 amide bonds. The van der Waals surface area contributed by atoms with E-state index in [1.807, 2.05) is 53.7 Å². The van der Waals surface area contributed by atoms with E-state index >= 15 is 0 Å². The van der Waals surface area contributed by atoms with Crippen LogP contribution in [0.15, 0.2) is 54.9 Å². The minimum Gasteiger partial charge on any atom is -0.348 e. The average Bonchev–Trinajstić information content (AvgIpc) is 3.32. The Morgan fingerprint density at radius 2 is 2.10 bits per heavy atom. The quantitative estimate of drug-likeness (QED) is 0.520. The molecule has 0 saturated heterocycles. The van der Waals surface area contributed by atoms with Crippen LogP contribution in [0, 0.1) is 5.82 Å². The van der Waals surface area contributed by atoms with Crippen molar-refractivity contribution in [3.63, 3.8) is 0 Å². The van der Waals surface area contributed by atoms with Crippen LogP contribution >= 0.6 is 0 Å². The van der Waals surface area contributed by atoms with E-state index in [1.165, 1.54) is 12.1 Å². The molecule has 0 atom stereocenters. The van der Waals surface area contributed by atoms with Crippen LogP contribution in [-0.2, 0) is 13.1 Å². The zero-order valence-corrected chi connectivity index (χ0v) is 17.2. The molecule has 0 fully saturated rings. The first-order valence-corrected chi connectivity index (χ1v) is 9.94. The zero-order chi connectivity index (χ0) is 21.5. The number of fused-ring (bicyclic) bond motifs is 2. The molecule has 5 rings (SSSR count). The molecule has 1 aliphatic rings. The van der Waals surface area contributed by atoms with Gasteiger partial charge in [-0.1, -0.05) is 12.1 Å². The SMILES string of the molecule is CN(C)Cc1cccc(Nc2ccc(-c3cnc4cc(F)ccn34)c3c2C(=O)NC3)n1. The molecule has 7 nitrogen and oxygen atoms in total. The molecule has 3 aromatic heterocycles. The van der Waals surface area contributed by atoms with Crippen molar-refractivity contribution in [2.45, 2.75) is 13.1 Å². The number of benzene rings is 1. The van der Waals surface area contributed by atoms with Gasteiger partial charge in [0.05, 0.1) is 28.8 Å². The highest BCUT2D eigenvalue weighted by atomic mass is 19.1. The Hall–Kier alpha value is -3.78. The van der Waals surface area contributed by atoms with E-state index in [0.717, 1.165) is 29.1 Å². The van der Waals surface area contributed by atoms with Crippen molar-refractivity contribution in [3.05, 3.63) is 77.5 Å². The van der Waals surface area contributed by atoms with Gasteiger partial charge in [0.2, 0.25) is 0 Å². The molecule has 0 bridgehead atoms. The summed E-state index contributed by atoms with van der Waals surface area (Å²) in [4.78, 5) is 23.7. The molecule has 156 valence electrons. The highest BCUT2D eigenvalue weighted by molar-refractivity contribution is 6.06. The van der Waals surface area contributed by atoms with Gasteiger partial charge in [-0.25, -0.2) is 14.4 Å². The Balaban J connectivity index is 1.56. The summed E-state index contributed by atoms with van der Waals surface area (Å²) >= 11 is 0. The summed E-state index contributed by atoms with van der Waals surface area (Å²) in [5, 5.41) is 6.22. The number of hydrogen-bond donors (Lipinski definition) is 2. The van der Waals surface area contributed by atoms with E-state index in [4.69, 9.17) is 0 Å². The van der Waals surface area contributed by atoms with Crippen LogP contribution in [0.25, 0.3) is 16.9 Å². The molecular weight excluding hydrogens is 395 g/mol. The summed E-state index contributed by atoms with van der Waals surface area (Å²) in [6.45, 7) is 1.14. The van der Waals surface area contributed by atoms with Gasteiger partial charge in [0.25, 0.3) is 5.91 Å². The van der Waals surface area contributed by atoms with Crippen molar-refractivity contribution < 1.29 is 9.18 Å². The number of amides is 1.